The maximum Gasteiger partial charge on any atom is 0.251 e. The molecule has 0 atom stereocenters. The van der Waals surface area contributed by atoms with Crippen LogP contribution in [0.5, 0.6) is 0 Å². The van der Waals surface area contributed by atoms with E-state index in [2.05, 4.69) is 15.3 Å². The second-order valence-electron chi connectivity index (χ2n) is 6.13. The van der Waals surface area contributed by atoms with Crippen molar-refractivity contribution in [2.75, 3.05) is 12.3 Å². The summed E-state index contributed by atoms with van der Waals surface area (Å²) < 4.78 is 37.3. The standard InChI is InChI=1S/C19H18FN3O3S/c1-12-13(2)23-18-11-14(3-8-17(18)22-12)19(24)21-9-10-27(25,26)16-6-4-15(20)5-7-16/h3-8,11H,9-10H2,1-2H3,(H,21,24). The minimum absolute atomic E-state index is 0.0185. The average molecular weight is 387 g/mol. The number of aryl methyl sites for hydroxylation is 2. The monoisotopic (exact) mass is 387 g/mol. The molecule has 0 bridgehead atoms. The van der Waals surface area contributed by atoms with E-state index < -0.39 is 21.6 Å². The Hall–Kier alpha value is -2.87. The second-order valence-corrected chi connectivity index (χ2v) is 8.24. The van der Waals surface area contributed by atoms with Crippen LogP contribution in [0.2, 0.25) is 0 Å². The number of halogens is 1. The fourth-order valence-electron chi connectivity index (χ4n) is 2.53. The Morgan fingerprint density at radius 3 is 2.30 bits per heavy atom. The van der Waals surface area contributed by atoms with Crippen molar-refractivity contribution in [2.24, 2.45) is 0 Å². The first kappa shape index (κ1) is 18.9. The molecule has 0 fully saturated rings. The molecule has 0 aliphatic rings. The van der Waals surface area contributed by atoms with Crippen molar-refractivity contribution in [3.8, 4) is 0 Å². The number of nitrogens with zero attached hydrogens (tertiary/aromatic N) is 2. The lowest BCUT2D eigenvalue weighted by molar-refractivity contribution is 0.0956. The van der Waals surface area contributed by atoms with Gasteiger partial charge in [0.25, 0.3) is 5.91 Å². The molecule has 6 nitrogen and oxygen atoms in total. The average Bonchev–Trinajstić information content (AvgIpc) is 2.62. The Labute approximate surface area is 156 Å². The highest BCUT2D eigenvalue weighted by Gasteiger charge is 2.15. The molecule has 0 radical (unpaired) electrons. The molecular weight excluding hydrogens is 369 g/mol. The van der Waals surface area contributed by atoms with E-state index in [4.69, 9.17) is 0 Å². The van der Waals surface area contributed by atoms with Gasteiger partial charge >= 0.3 is 0 Å². The van der Waals surface area contributed by atoms with Gasteiger partial charge in [-0.05, 0) is 56.3 Å². The predicted octanol–water partition coefficient (Wildman–Crippen LogP) is 2.59. The van der Waals surface area contributed by atoms with Gasteiger partial charge < -0.3 is 5.32 Å². The Morgan fingerprint density at radius 2 is 1.63 bits per heavy atom. The first-order chi connectivity index (χ1) is 12.8. The number of aromatic nitrogens is 2. The summed E-state index contributed by atoms with van der Waals surface area (Å²) in [5, 5.41) is 2.59. The van der Waals surface area contributed by atoms with Gasteiger partial charge in [0.1, 0.15) is 5.82 Å². The SMILES string of the molecule is Cc1nc2ccc(C(=O)NCCS(=O)(=O)c3ccc(F)cc3)cc2nc1C. The zero-order valence-electron chi connectivity index (χ0n) is 14.9. The molecule has 27 heavy (non-hydrogen) atoms. The first-order valence-electron chi connectivity index (χ1n) is 8.28. The van der Waals surface area contributed by atoms with E-state index in [0.717, 1.165) is 23.5 Å². The van der Waals surface area contributed by atoms with E-state index in [1.165, 1.54) is 12.1 Å². The van der Waals surface area contributed by atoms with Crippen LogP contribution in [0.1, 0.15) is 21.7 Å². The lowest BCUT2D eigenvalue weighted by Gasteiger charge is -2.08. The van der Waals surface area contributed by atoms with E-state index >= 15 is 0 Å². The molecule has 2 aromatic carbocycles. The van der Waals surface area contributed by atoms with E-state index in [0.29, 0.717) is 16.6 Å². The molecule has 3 rings (SSSR count). The number of hydrogen-bond donors (Lipinski definition) is 1. The predicted molar refractivity (Wildman–Crippen MR) is 99.8 cm³/mol. The number of rotatable bonds is 5. The maximum atomic E-state index is 12.9. The molecule has 8 heteroatoms. The van der Waals surface area contributed by atoms with Gasteiger partial charge in [-0.1, -0.05) is 0 Å². The summed E-state index contributed by atoms with van der Waals surface area (Å²) in [7, 11) is -3.60. The summed E-state index contributed by atoms with van der Waals surface area (Å²) in [5.74, 6) is -1.19. The molecule has 1 amide bonds. The smallest absolute Gasteiger partial charge is 0.251 e. The lowest BCUT2D eigenvalue weighted by Crippen LogP contribution is -2.29. The topological polar surface area (TPSA) is 89.0 Å². The van der Waals surface area contributed by atoms with Gasteiger partial charge in [-0.3, -0.25) is 4.79 Å². The fraction of sp³-hybridized carbons (Fsp3) is 0.211. The molecule has 3 aromatic rings. The van der Waals surface area contributed by atoms with Gasteiger partial charge in [-0.2, -0.15) is 0 Å². The third-order valence-electron chi connectivity index (χ3n) is 4.17. The van der Waals surface area contributed by atoms with Crippen LogP contribution >= 0.6 is 0 Å². The van der Waals surface area contributed by atoms with Crippen molar-refractivity contribution in [2.45, 2.75) is 18.7 Å². The highest BCUT2D eigenvalue weighted by molar-refractivity contribution is 7.91. The van der Waals surface area contributed by atoms with Crippen molar-refractivity contribution < 1.29 is 17.6 Å². The number of amides is 1. The third-order valence-corrected chi connectivity index (χ3v) is 5.90. The highest BCUT2D eigenvalue weighted by atomic mass is 32.2. The molecule has 0 saturated heterocycles. The highest BCUT2D eigenvalue weighted by Crippen LogP contribution is 2.15. The Bertz CT molecular complexity index is 1110. The van der Waals surface area contributed by atoms with Crippen molar-refractivity contribution in [3.63, 3.8) is 0 Å². The number of hydrogen-bond acceptors (Lipinski definition) is 5. The second kappa shape index (κ2) is 7.40. The molecule has 0 aliphatic heterocycles. The van der Waals surface area contributed by atoms with E-state index in [1.54, 1.807) is 18.2 Å². The summed E-state index contributed by atoms with van der Waals surface area (Å²) in [6, 6.07) is 9.54. The molecule has 140 valence electrons. The van der Waals surface area contributed by atoms with Crippen LogP contribution in [-0.4, -0.2) is 36.6 Å². The summed E-state index contributed by atoms with van der Waals surface area (Å²) >= 11 is 0. The summed E-state index contributed by atoms with van der Waals surface area (Å²) in [4.78, 5) is 21.1. The minimum Gasteiger partial charge on any atom is -0.351 e. The van der Waals surface area contributed by atoms with E-state index in [-0.39, 0.29) is 17.2 Å². The lowest BCUT2D eigenvalue weighted by atomic mass is 10.1. The molecule has 0 saturated carbocycles. The Morgan fingerprint density at radius 1 is 1.00 bits per heavy atom. The van der Waals surface area contributed by atoms with Crippen molar-refractivity contribution in [3.05, 3.63) is 65.2 Å². The number of sulfone groups is 1. The van der Waals surface area contributed by atoms with Gasteiger partial charge in [0.05, 0.1) is 33.1 Å². The normalized spacial score (nSPS) is 11.5. The molecular formula is C19H18FN3O3S. The van der Waals surface area contributed by atoms with Crippen LogP contribution in [-0.2, 0) is 9.84 Å². The zero-order chi connectivity index (χ0) is 19.6. The van der Waals surface area contributed by atoms with Crippen molar-refractivity contribution >= 4 is 26.8 Å². The molecule has 0 aliphatic carbocycles. The third kappa shape index (κ3) is 4.28. The molecule has 0 spiro atoms. The molecule has 1 N–H and O–H groups in total. The number of benzene rings is 2. The van der Waals surface area contributed by atoms with Gasteiger partial charge in [0, 0.05) is 12.1 Å². The zero-order valence-corrected chi connectivity index (χ0v) is 15.7. The van der Waals surface area contributed by atoms with Crippen molar-refractivity contribution in [1.82, 2.24) is 15.3 Å². The molecule has 1 aromatic heterocycles. The van der Waals surface area contributed by atoms with Crippen LogP contribution in [0.25, 0.3) is 11.0 Å². The first-order valence-corrected chi connectivity index (χ1v) is 9.93. The van der Waals surface area contributed by atoms with Gasteiger partial charge in [-0.15, -0.1) is 0 Å². The van der Waals surface area contributed by atoms with Crippen LogP contribution in [0.3, 0.4) is 0 Å². The number of carbonyl (C=O) groups excluding carboxylic acids is 1. The Kier molecular flexibility index (Phi) is 5.18. The molecule has 0 unspecified atom stereocenters. The summed E-state index contributed by atoms with van der Waals surface area (Å²) in [6.07, 6.45) is 0. The number of fused-ring (bicyclic) bond motifs is 1. The van der Waals surface area contributed by atoms with Gasteiger partial charge in [0.15, 0.2) is 9.84 Å². The fourth-order valence-corrected chi connectivity index (χ4v) is 3.69. The van der Waals surface area contributed by atoms with Crippen LogP contribution < -0.4 is 5.32 Å². The molecule has 1 heterocycles. The Balaban J connectivity index is 1.68. The van der Waals surface area contributed by atoms with E-state index in [9.17, 15) is 17.6 Å². The van der Waals surface area contributed by atoms with E-state index in [1.807, 2.05) is 13.8 Å². The number of carbonyl (C=O) groups is 1. The summed E-state index contributed by atoms with van der Waals surface area (Å²) in [5.41, 5.74) is 3.27. The number of nitrogens with one attached hydrogen (secondary N) is 1. The summed E-state index contributed by atoms with van der Waals surface area (Å²) in [6.45, 7) is 3.65. The minimum atomic E-state index is -3.60. The van der Waals surface area contributed by atoms with Crippen molar-refractivity contribution in [1.29, 1.82) is 0 Å². The van der Waals surface area contributed by atoms with Crippen LogP contribution in [0.4, 0.5) is 4.39 Å². The van der Waals surface area contributed by atoms with Gasteiger partial charge in [-0.25, -0.2) is 22.8 Å². The maximum absolute atomic E-state index is 12.9. The quantitative estimate of drug-likeness (QED) is 0.680. The van der Waals surface area contributed by atoms with Gasteiger partial charge in [0.2, 0.25) is 0 Å². The largest absolute Gasteiger partial charge is 0.351 e. The van der Waals surface area contributed by atoms with Crippen LogP contribution in [0, 0.1) is 19.7 Å². The van der Waals surface area contributed by atoms with Crippen LogP contribution in [0.15, 0.2) is 47.4 Å².